The van der Waals surface area contributed by atoms with Crippen molar-refractivity contribution in [1.29, 1.82) is 0 Å². The summed E-state index contributed by atoms with van der Waals surface area (Å²) in [6.07, 6.45) is 1.01. The third kappa shape index (κ3) is 4.31. The summed E-state index contributed by atoms with van der Waals surface area (Å²) >= 11 is 0. The van der Waals surface area contributed by atoms with E-state index < -0.39 is 0 Å². The maximum atomic E-state index is 12.4. The molecule has 132 valence electrons. The Morgan fingerprint density at radius 2 is 2.00 bits per heavy atom. The standard InChI is InChI=1S/C20H25N3O2/c1-22(2)20(24)18-9-8-16(21)12-19(18)25-17-10-11-23(14-17)13-15-6-4-3-5-7-15/h3-9,12,17H,10-11,13-14,21H2,1-2H3. The van der Waals surface area contributed by atoms with Gasteiger partial charge in [0.2, 0.25) is 0 Å². The molecule has 1 fully saturated rings. The number of nitrogen functional groups attached to an aromatic ring is 1. The Labute approximate surface area is 149 Å². The summed E-state index contributed by atoms with van der Waals surface area (Å²) in [4.78, 5) is 16.3. The van der Waals surface area contributed by atoms with Gasteiger partial charge in [-0.25, -0.2) is 0 Å². The molecule has 1 amide bonds. The van der Waals surface area contributed by atoms with Gasteiger partial charge in [-0.2, -0.15) is 0 Å². The first kappa shape index (κ1) is 17.3. The minimum absolute atomic E-state index is 0.0687. The van der Waals surface area contributed by atoms with Gasteiger partial charge in [-0.05, 0) is 24.1 Å². The van der Waals surface area contributed by atoms with Crippen molar-refractivity contribution in [2.24, 2.45) is 0 Å². The lowest BCUT2D eigenvalue weighted by Gasteiger charge is -2.20. The van der Waals surface area contributed by atoms with Gasteiger partial charge in [0.1, 0.15) is 11.9 Å². The summed E-state index contributed by atoms with van der Waals surface area (Å²) in [6.45, 7) is 2.75. The first-order valence-electron chi connectivity index (χ1n) is 8.57. The molecular weight excluding hydrogens is 314 g/mol. The van der Waals surface area contributed by atoms with Gasteiger partial charge in [-0.15, -0.1) is 0 Å². The van der Waals surface area contributed by atoms with Crippen LogP contribution in [-0.2, 0) is 6.54 Å². The number of nitrogens with zero attached hydrogens (tertiary/aromatic N) is 2. The fraction of sp³-hybridized carbons (Fsp3) is 0.350. The Bertz CT molecular complexity index is 731. The molecule has 3 rings (SSSR count). The molecule has 0 radical (unpaired) electrons. The number of nitrogens with two attached hydrogens (primary N) is 1. The average molecular weight is 339 g/mol. The highest BCUT2D eigenvalue weighted by Gasteiger charge is 2.26. The number of likely N-dealkylation sites (tertiary alicyclic amines) is 1. The molecule has 25 heavy (non-hydrogen) atoms. The highest BCUT2D eigenvalue weighted by Crippen LogP contribution is 2.26. The second-order valence-electron chi connectivity index (χ2n) is 6.70. The van der Waals surface area contributed by atoms with Crippen LogP contribution in [0.1, 0.15) is 22.3 Å². The summed E-state index contributed by atoms with van der Waals surface area (Å²) < 4.78 is 6.16. The average Bonchev–Trinajstić information content (AvgIpc) is 3.02. The van der Waals surface area contributed by atoms with Gasteiger partial charge < -0.3 is 15.4 Å². The van der Waals surface area contributed by atoms with E-state index in [9.17, 15) is 4.79 Å². The van der Waals surface area contributed by atoms with Gasteiger partial charge in [0.05, 0.1) is 5.56 Å². The molecule has 1 atom stereocenters. The van der Waals surface area contributed by atoms with Crippen LogP contribution in [0.25, 0.3) is 0 Å². The zero-order chi connectivity index (χ0) is 17.8. The molecule has 0 aliphatic carbocycles. The molecule has 0 bridgehead atoms. The van der Waals surface area contributed by atoms with Crippen molar-refractivity contribution in [3.8, 4) is 5.75 Å². The Kier molecular flexibility index (Phi) is 5.24. The first-order valence-corrected chi connectivity index (χ1v) is 8.57. The number of hydrogen-bond acceptors (Lipinski definition) is 4. The molecule has 2 aromatic rings. The Morgan fingerprint density at radius 1 is 1.24 bits per heavy atom. The molecule has 2 aromatic carbocycles. The van der Waals surface area contributed by atoms with E-state index in [0.29, 0.717) is 17.0 Å². The van der Waals surface area contributed by atoms with Crippen LogP contribution in [0.4, 0.5) is 5.69 Å². The van der Waals surface area contributed by atoms with Crippen LogP contribution in [-0.4, -0.2) is 49.0 Å². The number of rotatable bonds is 5. The quantitative estimate of drug-likeness (QED) is 0.851. The van der Waals surface area contributed by atoms with Gasteiger partial charge in [0.15, 0.2) is 0 Å². The molecule has 0 saturated carbocycles. The Hall–Kier alpha value is -2.53. The number of benzene rings is 2. The molecular formula is C20H25N3O2. The first-order chi connectivity index (χ1) is 12.0. The highest BCUT2D eigenvalue weighted by molar-refractivity contribution is 5.97. The topological polar surface area (TPSA) is 58.8 Å². The highest BCUT2D eigenvalue weighted by atomic mass is 16.5. The molecule has 0 spiro atoms. The molecule has 2 N–H and O–H groups in total. The number of carbonyl (C=O) groups is 1. The molecule has 0 aromatic heterocycles. The zero-order valence-corrected chi connectivity index (χ0v) is 14.8. The summed E-state index contributed by atoms with van der Waals surface area (Å²) in [5.74, 6) is 0.499. The lowest BCUT2D eigenvalue weighted by Crippen LogP contribution is -2.26. The number of carbonyl (C=O) groups excluding carboxylic acids is 1. The van der Waals surface area contributed by atoms with E-state index in [0.717, 1.165) is 26.1 Å². The maximum Gasteiger partial charge on any atom is 0.257 e. The monoisotopic (exact) mass is 339 g/mol. The van der Waals surface area contributed by atoms with Crippen LogP contribution >= 0.6 is 0 Å². The molecule has 1 aliphatic rings. The molecule has 5 nitrogen and oxygen atoms in total. The number of amides is 1. The van der Waals surface area contributed by atoms with Crippen molar-refractivity contribution in [2.75, 3.05) is 32.9 Å². The summed E-state index contributed by atoms with van der Waals surface area (Å²) in [5, 5.41) is 0. The van der Waals surface area contributed by atoms with E-state index in [-0.39, 0.29) is 12.0 Å². The van der Waals surface area contributed by atoms with Crippen LogP contribution in [0.5, 0.6) is 5.75 Å². The van der Waals surface area contributed by atoms with Gasteiger partial charge in [-0.3, -0.25) is 9.69 Å². The van der Waals surface area contributed by atoms with Gasteiger partial charge >= 0.3 is 0 Å². The largest absolute Gasteiger partial charge is 0.488 e. The van der Waals surface area contributed by atoms with Gasteiger partial charge in [-0.1, -0.05) is 30.3 Å². The summed E-state index contributed by atoms with van der Waals surface area (Å²) in [6, 6.07) is 15.7. The van der Waals surface area contributed by atoms with Crippen molar-refractivity contribution in [3.05, 3.63) is 59.7 Å². The van der Waals surface area contributed by atoms with Crippen LogP contribution in [0.2, 0.25) is 0 Å². The van der Waals surface area contributed by atoms with Crippen molar-refractivity contribution >= 4 is 11.6 Å². The lowest BCUT2D eigenvalue weighted by molar-refractivity contribution is 0.0820. The van der Waals surface area contributed by atoms with Crippen LogP contribution in [0, 0.1) is 0 Å². The summed E-state index contributed by atoms with van der Waals surface area (Å²) in [7, 11) is 3.47. The van der Waals surface area contributed by atoms with E-state index in [1.807, 2.05) is 6.07 Å². The maximum absolute atomic E-state index is 12.4. The molecule has 1 saturated heterocycles. The van der Waals surface area contributed by atoms with E-state index in [4.69, 9.17) is 10.5 Å². The molecule has 5 heteroatoms. The molecule has 1 aliphatic heterocycles. The van der Waals surface area contributed by atoms with Crippen molar-refractivity contribution in [1.82, 2.24) is 9.80 Å². The zero-order valence-electron chi connectivity index (χ0n) is 14.8. The van der Waals surface area contributed by atoms with E-state index >= 15 is 0 Å². The predicted molar refractivity (Wildman–Crippen MR) is 99.6 cm³/mol. The van der Waals surface area contributed by atoms with Crippen LogP contribution < -0.4 is 10.5 Å². The summed E-state index contributed by atoms with van der Waals surface area (Å²) in [5.41, 5.74) is 8.35. The Balaban J connectivity index is 1.67. The molecule has 1 unspecified atom stereocenters. The van der Waals surface area contributed by atoms with E-state index in [1.165, 1.54) is 5.56 Å². The predicted octanol–water partition coefficient (Wildman–Crippen LogP) is 2.62. The number of anilines is 1. The van der Waals surface area contributed by atoms with Crippen LogP contribution in [0.15, 0.2) is 48.5 Å². The lowest BCUT2D eigenvalue weighted by atomic mass is 10.1. The van der Waals surface area contributed by atoms with Crippen molar-refractivity contribution < 1.29 is 9.53 Å². The van der Waals surface area contributed by atoms with Crippen molar-refractivity contribution in [2.45, 2.75) is 19.1 Å². The van der Waals surface area contributed by atoms with Crippen LogP contribution in [0.3, 0.4) is 0 Å². The second kappa shape index (κ2) is 7.57. The van der Waals surface area contributed by atoms with E-state index in [1.54, 1.807) is 37.2 Å². The van der Waals surface area contributed by atoms with E-state index in [2.05, 4.69) is 29.2 Å². The fourth-order valence-electron chi connectivity index (χ4n) is 3.11. The third-order valence-electron chi connectivity index (χ3n) is 4.41. The smallest absolute Gasteiger partial charge is 0.257 e. The number of ether oxygens (including phenoxy) is 1. The minimum atomic E-state index is -0.0749. The SMILES string of the molecule is CN(C)C(=O)c1ccc(N)cc1OC1CCN(Cc2ccccc2)C1. The van der Waals surface area contributed by atoms with Gasteiger partial charge in [0.25, 0.3) is 5.91 Å². The minimum Gasteiger partial charge on any atom is -0.488 e. The second-order valence-corrected chi connectivity index (χ2v) is 6.70. The normalized spacial score (nSPS) is 17.4. The third-order valence-corrected chi connectivity index (χ3v) is 4.41. The van der Waals surface area contributed by atoms with Gasteiger partial charge in [0, 0.05) is 45.5 Å². The fourth-order valence-corrected chi connectivity index (χ4v) is 3.11. The molecule has 1 heterocycles. The van der Waals surface area contributed by atoms with Crippen molar-refractivity contribution in [3.63, 3.8) is 0 Å². The Morgan fingerprint density at radius 3 is 2.72 bits per heavy atom. The number of hydrogen-bond donors (Lipinski definition) is 1.